The summed E-state index contributed by atoms with van der Waals surface area (Å²) >= 11 is 0. The van der Waals surface area contributed by atoms with Crippen molar-refractivity contribution in [1.29, 1.82) is 0 Å². The standard InChI is InChI=1S/C20H30N2O3/c1-3-25-20(24)7-5-4-6-19(23)18-10-8-17(9-11-18)16-22-14-12-21(2)13-15-22/h8-11H,3-7,12-16H2,1-2H3. The van der Waals surface area contributed by atoms with Gasteiger partial charge in [-0.3, -0.25) is 14.5 Å². The molecule has 5 nitrogen and oxygen atoms in total. The maximum atomic E-state index is 12.2. The fraction of sp³-hybridized carbons (Fsp3) is 0.600. The number of ether oxygens (including phenoxy) is 1. The van der Waals surface area contributed by atoms with Gasteiger partial charge >= 0.3 is 5.97 Å². The van der Waals surface area contributed by atoms with Gasteiger partial charge in [-0.1, -0.05) is 24.3 Å². The molecular weight excluding hydrogens is 316 g/mol. The molecule has 1 heterocycles. The number of ketones is 1. The highest BCUT2D eigenvalue weighted by Gasteiger charge is 2.14. The topological polar surface area (TPSA) is 49.9 Å². The SMILES string of the molecule is CCOC(=O)CCCCC(=O)c1ccc(CN2CCN(C)CC2)cc1. The Hall–Kier alpha value is -1.72. The third kappa shape index (κ3) is 6.96. The van der Waals surface area contributed by atoms with E-state index >= 15 is 0 Å². The summed E-state index contributed by atoms with van der Waals surface area (Å²) in [4.78, 5) is 28.3. The van der Waals surface area contributed by atoms with Gasteiger partial charge in [0.15, 0.2) is 5.78 Å². The first-order valence-corrected chi connectivity index (χ1v) is 9.27. The summed E-state index contributed by atoms with van der Waals surface area (Å²) in [6, 6.07) is 7.98. The number of carbonyl (C=O) groups excluding carboxylic acids is 2. The van der Waals surface area contributed by atoms with E-state index in [-0.39, 0.29) is 11.8 Å². The fourth-order valence-corrected chi connectivity index (χ4v) is 2.99. The first kappa shape index (κ1) is 19.6. The van der Waals surface area contributed by atoms with E-state index in [1.165, 1.54) is 5.56 Å². The van der Waals surface area contributed by atoms with Crippen LogP contribution in [0.2, 0.25) is 0 Å². The molecule has 0 unspecified atom stereocenters. The molecule has 0 saturated carbocycles. The van der Waals surface area contributed by atoms with Crippen molar-refractivity contribution in [3.05, 3.63) is 35.4 Å². The number of unbranched alkanes of at least 4 members (excludes halogenated alkanes) is 1. The van der Waals surface area contributed by atoms with Crippen LogP contribution in [0.15, 0.2) is 24.3 Å². The van der Waals surface area contributed by atoms with Crippen molar-refractivity contribution in [3.8, 4) is 0 Å². The Morgan fingerprint density at radius 2 is 1.64 bits per heavy atom. The van der Waals surface area contributed by atoms with Gasteiger partial charge in [0.2, 0.25) is 0 Å². The Morgan fingerprint density at radius 1 is 1.00 bits per heavy atom. The van der Waals surface area contributed by atoms with Crippen LogP contribution in [0.25, 0.3) is 0 Å². The van der Waals surface area contributed by atoms with Crippen LogP contribution in [0, 0.1) is 0 Å². The third-order valence-corrected chi connectivity index (χ3v) is 4.62. The Bertz CT molecular complexity index is 549. The lowest BCUT2D eigenvalue weighted by atomic mass is 10.0. The Kier molecular flexibility index (Phi) is 8.09. The number of nitrogens with zero attached hydrogens (tertiary/aromatic N) is 2. The predicted molar refractivity (Wildman–Crippen MR) is 98.6 cm³/mol. The van der Waals surface area contributed by atoms with Crippen molar-refractivity contribution in [2.75, 3.05) is 39.8 Å². The molecule has 1 aromatic rings. The minimum absolute atomic E-state index is 0.148. The van der Waals surface area contributed by atoms with Gasteiger partial charge in [-0.2, -0.15) is 0 Å². The Balaban J connectivity index is 1.71. The molecule has 0 N–H and O–H groups in total. The lowest BCUT2D eigenvalue weighted by Crippen LogP contribution is -2.43. The average molecular weight is 346 g/mol. The molecule has 0 bridgehead atoms. The van der Waals surface area contributed by atoms with Crippen LogP contribution in [-0.4, -0.2) is 61.4 Å². The van der Waals surface area contributed by atoms with Gasteiger partial charge in [0.05, 0.1) is 6.61 Å². The minimum atomic E-state index is -0.178. The van der Waals surface area contributed by atoms with E-state index in [1.807, 2.05) is 12.1 Å². The second kappa shape index (κ2) is 10.3. The number of hydrogen-bond donors (Lipinski definition) is 0. The van der Waals surface area contributed by atoms with E-state index in [0.717, 1.165) is 44.7 Å². The monoisotopic (exact) mass is 346 g/mol. The number of carbonyl (C=O) groups is 2. The second-order valence-corrected chi connectivity index (χ2v) is 6.71. The number of Topliss-reactive ketones (excluding diaryl/α,β-unsaturated/α-hetero) is 1. The Labute approximate surface area is 150 Å². The average Bonchev–Trinajstić information content (AvgIpc) is 2.61. The van der Waals surface area contributed by atoms with E-state index in [2.05, 4.69) is 29.0 Å². The normalized spacial score (nSPS) is 15.9. The van der Waals surface area contributed by atoms with Gasteiger partial charge in [-0.15, -0.1) is 0 Å². The highest BCUT2D eigenvalue weighted by molar-refractivity contribution is 5.96. The quantitative estimate of drug-likeness (QED) is 0.391. The van der Waals surface area contributed by atoms with E-state index in [9.17, 15) is 9.59 Å². The van der Waals surface area contributed by atoms with Gasteiger partial charge in [0, 0.05) is 51.1 Å². The summed E-state index contributed by atoms with van der Waals surface area (Å²) in [7, 11) is 2.16. The summed E-state index contributed by atoms with van der Waals surface area (Å²) in [5.41, 5.74) is 2.02. The first-order valence-electron chi connectivity index (χ1n) is 9.27. The molecule has 138 valence electrons. The van der Waals surface area contributed by atoms with Gasteiger partial charge in [-0.05, 0) is 32.4 Å². The summed E-state index contributed by atoms with van der Waals surface area (Å²) in [6.07, 6.45) is 2.30. The maximum absolute atomic E-state index is 12.2. The molecule has 1 aliphatic rings. The summed E-state index contributed by atoms with van der Waals surface area (Å²) in [6.45, 7) is 7.58. The lowest BCUT2D eigenvalue weighted by molar-refractivity contribution is -0.143. The Morgan fingerprint density at radius 3 is 2.28 bits per heavy atom. The van der Waals surface area contributed by atoms with Crippen LogP contribution in [0.1, 0.15) is 48.5 Å². The van der Waals surface area contributed by atoms with Crippen molar-refractivity contribution in [3.63, 3.8) is 0 Å². The van der Waals surface area contributed by atoms with E-state index in [4.69, 9.17) is 4.74 Å². The molecule has 2 rings (SSSR count). The van der Waals surface area contributed by atoms with Crippen molar-refractivity contribution >= 4 is 11.8 Å². The number of piperazine rings is 1. The first-order chi connectivity index (χ1) is 12.1. The zero-order chi connectivity index (χ0) is 18.1. The lowest BCUT2D eigenvalue weighted by Gasteiger charge is -2.32. The smallest absolute Gasteiger partial charge is 0.305 e. The van der Waals surface area contributed by atoms with Crippen LogP contribution in [0.4, 0.5) is 0 Å². The summed E-state index contributed by atoms with van der Waals surface area (Å²) < 4.78 is 4.88. The molecule has 0 aromatic heterocycles. The number of rotatable bonds is 9. The van der Waals surface area contributed by atoms with Crippen molar-refractivity contribution in [2.45, 2.75) is 39.2 Å². The molecule has 0 aliphatic carbocycles. The molecule has 1 aliphatic heterocycles. The van der Waals surface area contributed by atoms with Crippen LogP contribution >= 0.6 is 0 Å². The molecule has 0 amide bonds. The zero-order valence-corrected chi connectivity index (χ0v) is 15.5. The molecular formula is C20H30N2O3. The second-order valence-electron chi connectivity index (χ2n) is 6.71. The van der Waals surface area contributed by atoms with Crippen molar-refractivity contribution in [2.24, 2.45) is 0 Å². The van der Waals surface area contributed by atoms with Crippen LogP contribution in [0.3, 0.4) is 0 Å². The number of likely N-dealkylation sites (N-methyl/N-ethyl adjacent to an activating group) is 1. The molecule has 0 radical (unpaired) electrons. The summed E-state index contributed by atoms with van der Waals surface area (Å²) in [5.74, 6) is -0.0294. The number of esters is 1. The van der Waals surface area contributed by atoms with E-state index < -0.39 is 0 Å². The third-order valence-electron chi connectivity index (χ3n) is 4.62. The van der Waals surface area contributed by atoms with Gasteiger partial charge < -0.3 is 9.64 Å². The highest BCUT2D eigenvalue weighted by Crippen LogP contribution is 2.13. The molecule has 1 fully saturated rings. The van der Waals surface area contributed by atoms with Crippen LogP contribution in [0.5, 0.6) is 0 Å². The maximum Gasteiger partial charge on any atom is 0.305 e. The molecule has 1 saturated heterocycles. The van der Waals surface area contributed by atoms with Crippen LogP contribution < -0.4 is 0 Å². The van der Waals surface area contributed by atoms with Crippen LogP contribution in [-0.2, 0) is 16.1 Å². The van der Waals surface area contributed by atoms with Gasteiger partial charge in [0.1, 0.15) is 0 Å². The van der Waals surface area contributed by atoms with E-state index in [0.29, 0.717) is 25.9 Å². The minimum Gasteiger partial charge on any atom is -0.466 e. The molecule has 1 aromatic carbocycles. The van der Waals surface area contributed by atoms with Gasteiger partial charge in [0.25, 0.3) is 0 Å². The number of hydrogen-bond acceptors (Lipinski definition) is 5. The molecule has 0 atom stereocenters. The largest absolute Gasteiger partial charge is 0.466 e. The molecule has 5 heteroatoms. The predicted octanol–water partition coefficient (Wildman–Crippen LogP) is 2.74. The molecule has 25 heavy (non-hydrogen) atoms. The summed E-state index contributed by atoms with van der Waals surface area (Å²) in [5, 5.41) is 0. The van der Waals surface area contributed by atoms with Gasteiger partial charge in [-0.25, -0.2) is 0 Å². The van der Waals surface area contributed by atoms with E-state index in [1.54, 1.807) is 6.92 Å². The number of benzene rings is 1. The molecule has 0 spiro atoms. The van der Waals surface area contributed by atoms with Crippen molar-refractivity contribution in [1.82, 2.24) is 9.80 Å². The van der Waals surface area contributed by atoms with Crippen molar-refractivity contribution < 1.29 is 14.3 Å². The fourth-order valence-electron chi connectivity index (χ4n) is 2.99. The highest BCUT2D eigenvalue weighted by atomic mass is 16.5. The zero-order valence-electron chi connectivity index (χ0n) is 15.5.